The second-order valence-corrected chi connectivity index (χ2v) is 8.17. The Balaban J connectivity index is 1.89. The molecule has 5 nitrogen and oxygen atoms in total. The number of carbonyl (C=O) groups excluding carboxylic acids is 2. The number of hydrogen-bond donors (Lipinski definition) is 2. The predicted molar refractivity (Wildman–Crippen MR) is 110 cm³/mol. The third-order valence-electron chi connectivity index (χ3n) is 5.91. The molecule has 1 fully saturated rings. The van der Waals surface area contributed by atoms with Crippen LogP contribution in [0.4, 0.5) is 26.3 Å². The molecule has 1 aliphatic carbocycles. The lowest BCUT2D eigenvalue weighted by Gasteiger charge is -2.30. The third-order valence-corrected chi connectivity index (χ3v) is 5.91. The Morgan fingerprint density at radius 1 is 0.909 bits per heavy atom. The summed E-state index contributed by atoms with van der Waals surface area (Å²) in [6.45, 7) is 5.49. The Morgan fingerprint density at radius 3 is 1.88 bits per heavy atom. The van der Waals surface area contributed by atoms with E-state index in [0.717, 1.165) is 12.8 Å². The Hall–Kier alpha value is -2.30. The lowest BCUT2D eigenvalue weighted by atomic mass is 9.86. The standard InChI is InChI=1S/C22H29F6N3O2/c1-3-31(4-2)19(32)13-29-18-7-5-14(6-8-18)12-30-20(33)15-9-16(21(23,24)25)11-17(10-15)22(26,27)28/h9-11,14,18,29H,3-8,12-13H2,1-2H3,(H,30,33). The molecule has 33 heavy (non-hydrogen) atoms. The van der Waals surface area contributed by atoms with E-state index in [0.29, 0.717) is 38.1 Å². The van der Waals surface area contributed by atoms with Gasteiger partial charge >= 0.3 is 12.4 Å². The number of alkyl halides is 6. The summed E-state index contributed by atoms with van der Waals surface area (Å²) in [5, 5.41) is 5.70. The highest BCUT2D eigenvalue weighted by Crippen LogP contribution is 2.36. The number of benzene rings is 1. The first-order valence-corrected chi connectivity index (χ1v) is 10.9. The number of rotatable bonds is 8. The largest absolute Gasteiger partial charge is 0.416 e. The molecule has 0 bridgehead atoms. The van der Waals surface area contributed by atoms with Crippen LogP contribution in [0.25, 0.3) is 0 Å². The first kappa shape index (κ1) is 26.9. The molecule has 2 amide bonds. The van der Waals surface area contributed by atoms with Gasteiger partial charge in [0.05, 0.1) is 17.7 Å². The van der Waals surface area contributed by atoms with E-state index >= 15 is 0 Å². The number of nitrogens with one attached hydrogen (secondary N) is 2. The summed E-state index contributed by atoms with van der Waals surface area (Å²) in [4.78, 5) is 26.1. The predicted octanol–water partition coefficient (Wildman–Crippen LogP) is 4.47. The molecule has 0 aliphatic heterocycles. The van der Waals surface area contributed by atoms with Crippen LogP contribution in [0.15, 0.2) is 18.2 Å². The Kier molecular flexibility index (Phi) is 9.16. The summed E-state index contributed by atoms with van der Waals surface area (Å²) >= 11 is 0. The minimum Gasteiger partial charge on any atom is -0.352 e. The van der Waals surface area contributed by atoms with Crippen molar-refractivity contribution in [3.8, 4) is 0 Å². The monoisotopic (exact) mass is 481 g/mol. The lowest BCUT2D eigenvalue weighted by Crippen LogP contribution is -2.43. The first-order valence-electron chi connectivity index (χ1n) is 10.9. The molecule has 0 heterocycles. The number of amides is 2. The van der Waals surface area contributed by atoms with Crippen molar-refractivity contribution in [2.45, 2.75) is 57.9 Å². The van der Waals surface area contributed by atoms with Crippen molar-refractivity contribution < 1.29 is 35.9 Å². The summed E-state index contributed by atoms with van der Waals surface area (Å²) in [6.07, 6.45) is -7.06. The van der Waals surface area contributed by atoms with Crippen LogP contribution in [0.1, 0.15) is 61.0 Å². The minimum absolute atomic E-state index is 0.00393. The fourth-order valence-corrected chi connectivity index (χ4v) is 3.92. The molecule has 0 unspecified atom stereocenters. The van der Waals surface area contributed by atoms with Gasteiger partial charge in [-0.1, -0.05) is 0 Å². The molecule has 2 rings (SSSR count). The van der Waals surface area contributed by atoms with E-state index in [-0.39, 0.29) is 37.0 Å². The fourth-order valence-electron chi connectivity index (χ4n) is 3.92. The van der Waals surface area contributed by atoms with Crippen molar-refractivity contribution in [1.29, 1.82) is 0 Å². The van der Waals surface area contributed by atoms with Crippen molar-refractivity contribution in [2.24, 2.45) is 5.92 Å². The summed E-state index contributed by atoms with van der Waals surface area (Å²) in [5.41, 5.74) is -3.72. The molecule has 2 N–H and O–H groups in total. The average Bonchev–Trinajstić information content (AvgIpc) is 2.76. The van der Waals surface area contributed by atoms with Crippen molar-refractivity contribution >= 4 is 11.8 Å². The lowest BCUT2D eigenvalue weighted by molar-refractivity contribution is -0.143. The summed E-state index contributed by atoms with van der Waals surface area (Å²) in [6, 6.07) is 1.00. The van der Waals surface area contributed by atoms with Crippen molar-refractivity contribution in [3.63, 3.8) is 0 Å². The van der Waals surface area contributed by atoms with Gasteiger partial charge in [-0.3, -0.25) is 9.59 Å². The smallest absolute Gasteiger partial charge is 0.352 e. The second-order valence-electron chi connectivity index (χ2n) is 8.17. The topological polar surface area (TPSA) is 61.4 Å². The van der Waals surface area contributed by atoms with Crippen molar-refractivity contribution in [2.75, 3.05) is 26.2 Å². The van der Waals surface area contributed by atoms with Gasteiger partial charge in [-0.15, -0.1) is 0 Å². The maximum absolute atomic E-state index is 13.0. The van der Waals surface area contributed by atoms with E-state index < -0.39 is 35.0 Å². The van der Waals surface area contributed by atoms with Gasteiger partial charge in [0.15, 0.2) is 0 Å². The van der Waals surface area contributed by atoms with E-state index in [1.165, 1.54) is 0 Å². The zero-order valence-electron chi connectivity index (χ0n) is 18.6. The van der Waals surface area contributed by atoms with Crippen LogP contribution in [0, 0.1) is 5.92 Å². The quantitative estimate of drug-likeness (QED) is 0.539. The van der Waals surface area contributed by atoms with Gasteiger partial charge < -0.3 is 15.5 Å². The molecular formula is C22H29F6N3O2. The summed E-state index contributed by atoms with van der Waals surface area (Å²) < 4.78 is 77.9. The average molecular weight is 481 g/mol. The highest BCUT2D eigenvalue weighted by atomic mass is 19.4. The van der Waals surface area contributed by atoms with E-state index in [1.807, 2.05) is 13.8 Å². The normalized spacial score (nSPS) is 19.3. The van der Waals surface area contributed by atoms with Crippen LogP contribution in [0.2, 0.25) is 0 Å². The van der Waals surface area contributed by atoms with Crippen molar-refractivity contribution in [3.05, 3.63) is 34.9 Å². The zero-order valence-corrected chi connectivity index (χ0v) is 18.6. The van der Waals surface area contributed by atoms with Crippen LogP contribution >= 0.6 is 0 Å². The van der Waals surface area contributed by atoms with Crippen LogP contribution in [-0.4, -0.2) is 48.9 Å². The third kappa shape index (κ3) is 7.90. The number of halogens is 6. The van der Waals surface area contributed by atoms with Gasteiger partial charge in [0.25, 0.3) is 5.91 Å². The van der Waals surface area contributed by atoms with Gasteiger partial charge in [0, 0.05) is 31.2 Å². The van der Waals surface area contributed by atoms with E-state index in [2.05, 4.69) is 10.6 Å². The van der Waals surface area contributed by atoms with Crippen molar-refractivity contribution in [1.82, 2.24) is 15.5 Å². The molecule has 1 aromatic rings. The minimum atomic E-state index is -5.01. The highest BCUT2D eigenvalue weighted by molar-refractivity contribution is 5.94. The molecule has 1 saturated carbocycles. The molecule has 0 radical (unpaired) electrons. The van der Waals surface area contributed by atoms with Gasteiger partial charge in [-0.05, 0) is 63.6 Å². The molecule has 186 valence electrons. The molecule has 0 atom stereocenters. The number of hydrogen-bond acceptors (Lipinski definition) is 3. The second kappa shape index (κ2) is 11.2. The Labute approximate surface area is 188 Å². The van der Waals surface area contributed by atoms with Gasteiger partial charge in [-0.2, -0.15) is 26.3 Å². The van der Waals surface area contributed by atoms with Crippen LogP contribution < -0.4 is 10.6 Å². The summed E-state index contributed by atoms with van der Waals surface area (Å²) in [7, 11) is 0. The molecule has 1 aromatic carbocycles. The van der Waals surface area contributed by atoms with E-state index in [1.54, 1.807) is 4.90 Å². The van der Waals surface area contributed by atoms with Gasteiger partial charge in [0.1, 0.15) is 0 Å². The maximum atomic E-state index is 13.0. The van der Waals surface area contributed by atoms with Gasteiger partial charge in [0.2, 0.25) is 5.91 Å². The zero-order chi connectivity index (χ0) is 24.8. The molecule has 1 aliphatic rings. The highest BCUT2D eigenvalue weighted by Gasteiger charge is 2.37. The van der Waals surface area contributed by atoms with Gasteiger partial charge in [-0.25, -0.2) is 0 Å². The SMILES string of the molecule is CCN(CC)C(=O)CNC1CCC(CNC(=O)c2cc(C(F)(F)F)cc(C(F)(F)F)c2)CC1. The Bertz CT molecular complexity index is 781. The first-order chi connectivity index (χ1) is 15.3. The molecule has 0 aromatic heterocycles. The molecule has 11 heteroatoms. The number of carbonyl (C=O) groups is 2. The molecular weight excluding hydrogens is 452 g/mol. The van der Waals surface area contributed by atoms with E-state index in [4.69, 9.17) is 0 Å². The van der Waals surface area contributed by atoms with Crippen LogP contribution in [0.3, 0.4) is 0 Å². The number of nitrogens with zero attached hydrogens (tertiary/aromatic N) is 1. The molecule has 0 saturated heterocycles. The van der Waals surface area contributed by atoms with Crippen LogP contribution in [0.5, 0.6) is 0 Å². The molecule has 0 spiro atoms. The maximum Gasteiger partial charge on any atom is 0.416 e. The summed E-state index contributed by atoms with van der Waals surface area (Å²) in [5.74, 6) is -0.899. The number of likely N-dealkylation sites (N-methyl/N-ethyl adjacent to an activating group) is 1. The van der Waals surface area contributed by atoms with Crippen LogP contribution in [-0.2, 0) is 17.1 Å². The fraction of sp³-hybridized carbons (Fsp3) is 0.636. The Morgan fingerprint density at radius 2 is 1.42 bits per heavy atom. The van der Waals surface area contributed by atoms with E-state index in [9.17, 15) is 35.9 Å².